The van der Waals surface area contributed by atoms with E-state index in [9.17, 15) is 0 Å². The van der Waals surface area contributed by atoms with E-state index in [1.54, 1.807) is 0 Å². The molecular formula is C13H25N3O2. The molecule has 0 radical (unpaired) electrons. The summed E-state index contributed by atoms with van der Waals surface area (Å²) in [6.45, 7) is 8.93. The zero-order valence-electron chi connectivity index (χ0n) is 12.1. The molecule has 0 bridgehead atoms. The molecule has 104 valence electrons. The average Bonchev–Trinajstić information content (AvgIpc) is 2.86. The maximum atomic E-state index is 5.58. The van der Waals surface area contributed by atoms with Gasteiger partial charge in [-0.2, -0.15) is 4.98 Å². The largest absolute Gasteiger partial charge is 0.370 e. The predicted molar refractivity (Wildman–Crippen MR) is 70.5 cm³/mol. The first-order valence-corrected chi connectivity index (χ1v) is 6.80. The zero-order valence-corrected chi connectivity index (χ0v) is 12.1. The number of nitrogens with one attached hydrogen (secondary N) is 1. The molecule has 1 aromatic heterocycles. The third-order valence-electron chi connectivity index (χ3n) is 3.29. The Morgan fingerprint density at radius 2 is 2.00 bits per heavy atom. The van der Waals surface area contributed by atoms with Gasteiger partial charge in [0.15, 0.2) is 0 Å². The van der Waals surface area contributed by atoms with Crippen molar-refractivity contribution in [2.75, 3.05) is 13.7 Å². The third kappa shape index (κ3) is 3.53. The van der Waals surface area contributed by atoms with Gasteiger partial charge in [-0.3, -0.25) is 0 Å². The van der Waals surface area contributed by atoms with Gasteiger partial charge in [-0.05, 0) is 26.8 Å². The molecule has 3 unspecified atom stereocenters. The van der Waals surface area contributed by atoms with E-state index < -0.39 is 0 Å². The topological polar surface area (TPSA) is 60.2 Å². The van der Waals surface area contributed by atoms with Crippen molar-refractivity contribution in [1.29, 1.82) is 0 Å². The van der Waals surface area contributed by atoms with E-state index in [1.165, 1.54) is 0 Å². The fourth-order valence-corrected chi connectivity index (χ4v) is 2.12. The zero-order chi connectivity index (χ0) is 13.5. The maximum Gasteiger partial charge on any atom is 0.231 e. The Labute approximate surface area is 109 Å². The molecular weight excluding hydrogens is 230 g/mol. The summed E-state index contributed by atoms with van der Waals surface area (Å²) in [5.74, 6) is 1.55. The molecule has 1 aromatic rings. The minimum Gasteiger partial charge on any atom is -0.370 e. The van der Waals surface area contributed by atoms with Crippen molar-refractivity contribution in [2.45, 2.75) is 58.6 Å². The van der Waals surface area contributed by atoms with Gasteiger partial charge in [0.25, 0.3) is 0 Å². The summed E-state index contributed by atoms with van der Waals surface area (Å²) in [4.78, 5) is 4.47. The second-order valence-corrected chi connectivity index (χ2v) is 4.44. The fourth-order valence-electron chi connectivity index (χ4n) is 2.12. The second-order valence-electron chi connectivity index (χ2n) is 4.44. The Hall–Kier alpha value is -0.940. The van der Waals surface area contributed by atoms with Gasteiger partial charge in [-0.15, -0.1) is 0 Å². The van der Waals surface area contributed by atoms with Crippen molar-refractivity contribution in [3.05, 3.63) is 11.7 Å². The van der Waals surface area contributed by atoms with Crippen LogP contribution in [0.1, 0.15) is 64.3 Å². The lowest BCUT2D eigenvalue weighted by atomic mass is 10.00. The standard InChI is InChI=1S/C13H25N3O2/c1-6-10(14-5)9(4)13-15-12(16-18-13)11(7-2)17-8-3/h9-11,14H,6-8H2,1-5H3. The molecule has 0 aliphatic heterocycles. The van der Waals surface area contributed by atoms with Crippen molar-refractivity contribution < 1.29 is 9.26 Å². The van der Waals surface area contributed by atoms with Gasteiger partial charge in [-0.25, -0.2) is 0 Å². The van der Waals surface area contributed by atoms with Crippen molar-refractivity contribution >= 4 is 0 Å². The highest BCUT2D eigenvalue weighted by molar-refractivity contribution is 4.99. The lowest BCUT2D eigenvalue weighted by molar-refractivity contribution is 0.0518. The number of aromatic nitrogens is 2. The summed E-state index contributed by atoms with van der Waals surface area (Å²) >= 11 is 0. The highest BCUT2D eigenvalue weighted by Crippen LogP contribution is 2.23. The van der Waals surface area contributed by atoms with Crippen molar-refractivity contribution in [3.63, 3.8) is 0 Å². The quantitative estimate of drug-likeness (QED) is 0.774. The normalized spacial score (nSPS) is 16.5. The highest BCUT2D eigenvalue weighted by Gasteiger charge is 2.24. The average molecular weight is 255 g/mol. The summed E-state index contributed by atoms with van der Waals surface area (Å²) in [6, 6.07) is 0.352. The van der Waals surface area contributed by atoms with Crippen LogP contribution >= 0.6 is 0 Å². The molecule has 1 rings (SSSR count). The number of hydrogen-bond acceptors (Lipinski definition) is 5. The van der Waals surface area contributed by atoms with Crippen LogP contribution in [-0.2, 0) is 4.74 Å². The number of hydrogen-bond donors (Lipinski definition) is 1. The first-order chi connectivity index (χ1) is 8.67. The first-order valence-electron chi connectivity index (χ1n) is 6.80. The third-order valence-corrected chi connectivity index (χ3v) is 3.29. The van der Waals surface area contributed by atoms with Crippen LogP contribution in [0.5, 0.6) is 0 Å². The molecule has 1 N–H and O–H groups in total. The molecule has 3 atom stereocenters. The van der Waals surface area contributed by atoms with Gasteiger partial charge >= 0.3 is 0 Å². The van der Waals surface area contributed by atoms with Gasteiger partial charge in [0, 0.05) is 12.6 Å². The van der Waals surface area contributed by atoms with Gasteiger partial charge in [0.05, 0.1) is 5.92 Å². The van der Waals surface area contributed by atoms with E-state index in [4.69, 9.17) is 9.26 Å². The monoisotopic (exact) mass is 255 g/mol. The van der Waals surface area contributed by atoms with Crippen molar-refractivity contribution in [1.82, 2.24) is 15.5 Å². The van der Waals surface area contributed by atoms with Crippen LogP contribution in [-0.4, -0.2) is 29.8 Å². The van der Waals surface area contributed by atoms with Gasteiger partial charge in [0.1, 0.15) is 6.10 Å². The summed E-state index contributed by atoms with van der Waals surface area (Å²) in [6.07, 6.45) is 1.82. The number of ether oxygens (including phenoxy) is 1. The van der Waals surface area contributed by atoms with Gasteiger partial charge < -0.3 is 14.6 Å². The first kappa shape index (κ1) is 15.1. The van der Waals surface area contributed by atoms with Crippen LogP contribution in [0.2, 0.25) is 0 Å². The Morgan fingerprint density at radius 3 is 2.50 bits per heavy atom. The predicted octanol–water partition coefficient (Wildman–Crippen LogP) is 2.66. The molecule has 0 amide bonds. The highest BCUT2D eigenvalue weighted by atomic mass is 16.5. The Kier molecular flexibility index (Phi) is 6.29. The second kappa shape index (κ2) is 7.48. The molecule has 5 heteroatoms. The molecule has 1 heterocycles. The summed E-state index contributed by atoms with van der Waals surface area (Å²) < 4.78 is 10.9. The van der Waals surface area contributed by atoms with Crippen LogP contribution < -0.4 is 5.32 Å². The molecule has 0 spiro atoms. The van der Waals surface area contributed by atoms with E-state index >= 15 is 0 Å². The molecule has 0 fully saturated rings. The van der Waals surface area contributed by atoms with E-state index in [-0.39, 0.29) is 12.0 Å². The molecule has 0 aliphatic carbocycles. The van der Waals surface area contributed by atoms with Crippen molar-refractivity contribution in [3.8, 4) is 0 Å². The number of rotatable bonds is 8. The number of nitrogens with zero attached hydrogens (tertiary/aromatic N) is 2. The van der Waals surface area contributed by atoms with E-state index in [0.717, 1.165) is 12.8 Å². The van der Waals surface area contributed by atoms with Crippen LogP contribution in [0, 0.1) is 0 Å². The SMILES string of the molecule is CCOC(CC)c1noc(C(C)C(CC)NC)n1. The Balaban J connectivity index is 2.78. The fraction of sp³-hybridized carbons (Fsp3) is 0.846. The van der Waals surface area contributed by atoms with Crippen LogP contribution in [0.25, 0.3) is 0 Å². The summed E-state index contributed by atoms with van der Waals surface area (Å²) in [7, 11) is 1.96. The lowest BCUT2D eigenvalue weighted by Crippen LogP contribution is -2.30. The van der Waals surface area contributed by atoms with E-state index in [0.29, 0.717) is 24.4 Å². The summed E-state index contributed by atoms with van der Waals surface area (Å²) in [5, 5.41) is 7.31. The van der Waals surface area contributed by atoms with Crippen LogP contribution in [0.4, 0.5) is 0 Å². The maximum absolute atomic E-state index is 5.58. The number of likely N-dealkylation sites (N-methyl/N-ethyl adjacent to an activating group) is 1. The molecule has 0 saturated carbocycles. The van der Waals surface area contributed by atoms with E-state index in [1.807, 2.05) is 14.0 Å². The van der Waals surface area contributed by atoms with Crippen LogP contribution in [0.15, 0.2) is 4.52 Å². The van der Waals surface area contributed by atoms with E-state index in [2.05, 4.69) is 36.2 Å². The molecule has 0 aromatic carbocycles. The molecule has 18 heavy (non-hydrogen) atoms. The Morgan fingerprint density at radius 1 is 1.28 bits per heavy atom. The van der Waals surface area contributed by atoms with Gasteiger partial charge in [0.2, 0.25) is 11.7 Å². The smallest absolute Gasteiger partial charge is 0.231 e. The van der Waals surface area contributed by atoms with Gasteiger partial charge in [-0.1, -0.05) is 25.9 Å². The molecule has 0 aliphatic rings. The minimum atomic E-state index is -0.0608. The van der Waals surface area contributed by atoms with Crippen molar-refractivity contribution in [2.24, 2.45) is 0 Å². The lowest BCUT2D eigenvalue weighted by Gasteiger charge is -2.18. The van der Waals surface area contributed by atoms with Crippen LogP contribution in [0.3, 0.4) is 0 Å². The molecule has 5 nitrogen and oxygen atoms in total. The minimum absolute atomic E-state index is 0.0608. The Bertz CT molecular complexity index is 337. The summed E-state index contributed by atoms with van der Waals surface area (Å²) in [5.41, 5.74) is 0. The molecule has 0 saturated heterocycles.